The van der Waals surface area contributed by atoms with Crippen LogP contribution in [0.15, 0.2) is 0 Å². The second-order valence-corrected chi connectivity index (χ2v) is 6.00. The number of hydrogen-bond donors (Lipinski definition) is 1. The van der Waals surface area contributed by atoms with E-state index in [-0.39, 0.29) is 12.8 Å². The molecule has 1 aliphatic rings. The number of morpholine rings is 1. The summed E-state index contributed by atoms with van der Waals surface area (Å²) < 4.78 is 110. The van der Waals surface area contributed by atoms with Gasteiger partial charge in [0.2, 0.25) is 0 Å². The summed E-state index contributed by atoms with van der Waals surface area (Å²) in [5.41, 5.74) is 0. The van der Waals surface area contributed by atoms with Gasteiger partial charge in [-0.2, -0.15) is 40.0 Å². The van der Waals surface area contributed by atoms with Crippen LogP contribution in [0.25, 0.3) is 0 Å². The first-order valence-corrected chi connectivity index (χ1v) is 7.96. The van der Waals surface area contributed by atoms with Crippen LogP contribution < -0.4 is 0 Å². The van der Waals surface area contributed by atoms with Gasteiger partial charge >= 0.3 is 30.3 Å². The maximum atomic E-state index is 13.7. The first kappa shape index (κ1) is 22.9. The van der Waals surface area contributed by atoms with Crippen molar-refractivity contribution in [1.82, 2.24) is 4.90 Å². The number of rotatable bonds is 9. The molecule has 0 radical (unpaired) electrons. The number of carbonyl (C=O) groups is 1. The number of ether oxygens (including phenoxy) is 1. The minimum atomic E-state index is -6.01. The van der Waals surface area contributed by atoms with Crippen LogP contribution in [0.4, 0.5) is 35.1 Å². The summed E-state index contributed by atoms with van der Waals surface area (Å²) in [5, 5.41) is 8.93. The zero-order valence-corrected chi connectivity index (χ0v) is 13.8. The Morgan fingerprint density at radius 2 is 1.31 bits per heavy atom. The molecule has 1 atom stereocenters. The van der Waals surface area contributed by atoms with Crippen LogP contribution in [0, 0.1) is 0 Å². The molecule has 1 saturated heterocycles. The highest BCUT2D eigenvalue weighted by molar-refractivity contribution is 5.73. The van der Waals surface area contributed by atoms with E-state index in [2.05, 4.69) is 4.74 Å². The molecule has 0 amide bonds. The van der Waals surface area contributed by atoms with Gasteiger partial charge in [-0.15, -0.1) is 0 Å². The predicted octanol–water partition coefficient (Wildman–Crippen LogP) is 4.89. The molecule has 1 rings (SSSR count). The molecule has 0 aliphatic carbocycles. The highest BCUT2D eigenvalue weighted by atomic mass is 19.4. The normalized spacial score (nSPS) is 25.0. The van der Waals surface area contributed by atoms with Crippen LogP contribution in [0.1, 0.15) is 51.9 Å². The number of halogens is 8. The Balaban J connectivity index is 3.06. The minimum absolute atomic E-state index is 0.193. The Hall–Kier alpha value is -1.17. The third kappa shape index (κ3) is 4.21. The molecule has 0 aromatic heterocycles. The summed E-state index contributed by atoms with van der Waals surface area (Å²) in [4.78, 5) is 9.19. The smallest absolute Gasteiger partial charge is 0.439 e. The highest BCUT2D eigenvalue weighted by Gasteiger charge is 2.84. The molecule has 1 heterocycles. The molecule has 0 saturated carbocycles. The fourth-order valence-electron chi connectivity index (χ4n) is 2.61. The van der Waals surface area contributed by atoms with Gasteiger partial charge in [-0.05, 0) is 6.42 Å². The molecule has 1 aliphatic heterocycles. The van der Waals surface area contributed by atoms with Crippen LogP contribution in [0.5, 0.6) is 0 Å². The SMILES string of the molecule is CCCCCCCCC(C(=O)O)N1C(F)(F)C(F)(F)OC(F)(F)C1(F)F. The predicted molar refractivity (Wildman–Crippen MR) is 72.1 cm³/mol. The molecule has 0 aromatic rings. The van der Waals surface area contributed by atoms with E-state index in [9.17, 15) is 39.9 Å². The van der Waals surface area contributed by atoms with E-state index in [1.165, 1.54) is 0 Å². The molecule has 1 fully saturated rings. The average Bonchev–Trinajstić information content (AvgIpc) is 2.46. The zero-order valence-electron chi connectivity index (χ0n) is 13.8. The number of aliphatic carboxylic acids is 1. The minimum Gasteiger partial charge on any atom is -0.480 e. The second kappa shape index (κ2) is 7.83. The van der Waals surface area contributed by atoms with Crippen molar-refractivity contribution in [2.24, 2.45) is 0 Å². The highest BCUT2D eigenvalue weighted by Crippen LogP contribution is 2.56. The van der Waals surface area contributed by atoms with Crippen molar-refractivity contribution in [2.45, 2.75) is 82.2 Å². The lowest BCUT2D eigenvalue weighted by molar-refractivity contribution is -0.565. The van der Waals surface area contributed by atoms with Gasteiger partial charge in [-0.25, -0.2) is 4.74 Å². The first-order valence-electron chi connectivity index (χ1n) is 7.96. The summed E-state index contributed by atoms with van der Waals surface area (Å²) >= 11 is 0. The van der Waals surface area contributed by atoms with Gasteiger partial charge in [0, 0.05) is 0 Å². The van der Waals surface area contributed by atoms with Gasteiger partial charge in [-0.3, -0.25) is 4.79 Å². The van der Waals surface area contributed by atoms with Crippen LogP contribution >= 0.6 is 0 Å². The van der Waals surface area contributed by atoms with Crippen molar-refractivity contribution in [3.63, 3.8) is 0 Å². The number of hydrogen-bond acceptors (Lipinski definition) is 3. The summed E-state index contributed by atoms with van der Waals surface area (Å²) in [6, 6.07) is -14.9. The van der Waals surface area contributed by atoms with E-state index in [1.807, 2.05) is 6.92 Å². The van der Waals surface area contributed by atoms with Gasteiger partial charge in [0.05, 0.1) is 0 Å². The van der Waals surface area contributed by atoms with Gasteiger partial charge in [0.25, 0.3) is 0 Å². The summed E-state index contributed by atoms with van der Waals surface area (Å²) in [7, 11) is 0. The lowest BCUT2D eigenvalue weighted by Gasteiger charge is -2.49. The molecule has 1 unspecified atom stereocenters. The lowest BCUT2D eigenvalue weighted by Crippen LogP contribution is -2.76. The average molecular weight is 401 g/mol. The molecule has 0 bridgehead atoms. The van der Waals surface area contributed by atoms with Crippen molar-refractivity contribution in [2.75, 3.05) is 0 Å². The van der Waals surface area contributed by atoms with Crippen molar-refractivity contribution < 1.29 is 49.8 Å². The molecular formula is C14H19F8NO3. The van der Waals surface area contributed by atoms with E-state index < -0.39 is 47.6 Å². The molecule has 0 aromatic carbocycles. The number of carboxylic acids is 1. The molecular weight excluding hydrogens is 382 g/mol. The van der Waals surface area contributed by atoms with Crippen LogP contribution in [-0.2, 0) is 9.53 Å². The Kier molecular flexibility index (Phi) is 6.89. The lowest BCUT2D eigenvalue weighted by atomic mass is 10.0. The second-order valence-electron chi connectivity index (χ2n) is 6.00. The van der Waals surface area contributed by atoms with E-state index in [0.29, 0.717) is 12.8 Å². The maximum Gasteiger partial charge on any atom is 0.439 e. The van der Waals surface area contributed by atoms with Crippen LogP contribution in [0.2, 0.25) is 0 Å². The van der Waals surface area contributed by atoms with Gasteiger partial charge in [0.15, 0.2) is 0 Å². The zero-order chi connectivity index (χ0) is 20.4. The molecule has 4 nitrogen and oxygen atoms in total. The Bertz CT molecular complexity index is 475. The van der Waals surface area contributed by atoms with E-state index >= 15 is 0 Å². The monoisotopic (exact) mass is 401 g/mol. The fraction of sp³-hybridized carbons (Fsp3) is 0.929. The van der Waals surface area contributed by atoms with E-state index in [1.54, 1.807) is 0 Å². The van der Waals surface area contributed by atoms with Crippen molar-refractivity contribution >= 4 is 5.97 Å². The van der Waals surface area contributed by atoms with Gasteiger partial charge < -0.3 is 5.11 Å². The van der Waals surface area contributed by atoms with Crippen molar-refractivity contribution in [3.05, 3.63) is 0 Å². The van der Waals surface area contributed by atoms with E-state index in [4.69, 9.17) is 5.11 Å². The molecule has 12 heteroatoms. The number of unbranched alkanes of at least 4 members (excludes halogenated alkanes) is 5. The largest absolute Gasteiger partial charge is 0.480 e. The Morgan fingerprint density at radius 3 is 1.73 bits per heavy atom. The maximum absolute atomic E-state index is 13.7. The number of alkyl halides is 8. The number of carboxylic acid groups (broad SMARTS) is 1. The van der Waals surface area contributed by atoms with Gasteiger partial charge in [-0.1, -0.05) is 45.4 Å². The topological polar surface area (TPSA) is 49.8 Å². The number of nitrogens with zero attached hydrogens (tertiary/aromatic N) is 1. The molecule has 26 heavy (non-hydrogen) atoms. The van der Waals surface area contributed by atoms with Crippen molar-refractivity contribution in [3.8, 4) is 0 Å². The molecule has 0 spiro atoms. The first-order chi connectivity index (χ1) is 11.7. The standard InChI is InChI=1S/C14H19F8NO3/c1-2-3-4-5-6-7-8-9(10(24)25)23-11(15,16)13(19,20)26-14(21,22)12(23,17)18/h9H,2-8H2,1H3,(H,24,25). The fourth-order valence-corrected chi connectivity index (χ4v) is 2.61. The Labute approximate surface area is 144 Å². The molecule has 1 N–H and O–H groups in total. The van der Waals surface area contributed by atoms with Crippen LogP contribution in [-0.4, -0.2) is 46.3 Å². The third-order valence-electron chi connectivity index (χ3n) is 3.99. The quantitative estimate of drug-likeness (QED) is 0.340. The van der Waals surface area contributed by atoms with Crippen LogP contribution in [0.3, 0.4) is 0 Å². The van der Waals surface area contributed by atoms with Gasteiger partial charge in [0.1, 0.15) is 6.04 Å². The summed E-state index contributed by atoms with van der Waals surface area (Å²) in [6.07, 6.45) is -9.94. The van der Waals surface area contributed by atoms with E-state index in [0.717, 1.165) is 12.8 Å². The van der Waals surface area contributed by atoms with Crippen molar-refractivity contribution in [1.29, 1.82) is 0 Å². The summed E-state index contributed by atoms with van der Waals surface area (Å²) in [6.45, 7) is 1.91. The Morgan fingerprint density at radius 1 is 0.885 bits per heavy atom. The summed E-state index contributed by atoms with van der Waals surface area (Å²) in [5.74, 6) is -2.34. The molecule has 154 valence electrons. The third-order valence-corrected chi connectivity index (χ3v) is 3.99.